The average molecular weight is 366 g/mol. The lowest BCUT2D eigenvalue weighted by Crippen LogP contribution is -2.30. The third-order valence-electron chi connectivity index (χ3n) is 3.37. The van der Waals surface area contributed by atoms with E-state index in [4.69, 9.17) is 21.1 Å². The standard InChI is InChI=1S/C18H17ClFNO4/c1-11(18(23)21-15-6-4-3-5-13(15)19)25-17(22)10-12-7-8-16(24-2)14(20)9-12/h3-9,11H,10H2,1-2H3,(H,21,23)/t11-/m0/s1. The number of para-hydroxylation sites is 1. The van der Waals surface area contributed by atoms with Crippen molar-refractivity contribution >= 4 is 29.2 Å². The smallest absolute Gasteiger partial charge is 0.311 e. The number of nitrogens with one attached hydrogen (secondary N) is 1. The highest BCUT2D eigenvalue weighted by atomic mass is 35.5. The van der Waals surface area contributed by atoms with Gasteiger partial charge in [0, 0.05) is 0 Å². The monoisotopic (exact) mass is 365 g/mol. The third kappa shape index (κ3) is 5.19. The van der Waals surface area contributed by atoms with E-state index in [-0.39, 0.29) is 12.2 Å². The van der Waals surface area contributed by atoms with Crippen molar-refractivity contribution in [3.63, 3.8) is 0 Å². The summed E-state index contributed by atoms with van der Waals surface area (Å²) in [7, 11) is 1.35. The van der Waals surface area contributed by atoms with Gasteiger partial charge in [-0.15, -0.1) is 0 Å². The van der Waals surface area contributed by atoms with Crippen LogP contribution in [0, 0.1) is 5.82 Å². The minimum atomic E-state index is -1.02. The van der Waals surface area contributed by atoms with Gasteiger partial charge in [-0.3, -0.25) is 9.59 Å². The summed E-state index contributed by atoms with van der Waals surface area (Å²) in [5.41, 5.74) is 0.844. The van der Waals surface area contributed by atoms with Gasteiger partial charge in [0.05, 0.1) is 24.2 Å². The lowest BCUT2D eigenvalue weighted by molar-refractivity contribution is -0.152. The molecule has 7 heteroatoms. The van der Waals surface area contributed by atoms with Gasteiger partial charge in [-0.1, -0.05) is 29.8 Å². The van der Waals surface area contributed by atoms with Crippen molar-refractivity contribution in [3.8, 4) is 5.75 Å². The number of carbonyl (C=O) groups is 2. The van der Waals surface area contributed by atoms with E-state index in [2.05, 4.69) is 5.32 Å². The van der Waals surface area contributed by atoms with E-state index in [1.807, 2.05) is 0 Å². The highest BCUT2D eigenvalue weighted by Crippen LogP contribution is 2.21. The van der Waals surface area contributed by atoms with Gasteiger partial charge in [0.1, 0.15) is 0 Å². The van der Waals surface area contributed by atoms with Crippen LogP contribution in [0.5, 0.6) is 5.75 Å². The van der Waals surface area contributed by atoms with Crippen LogP contribution in [0.25, 0.3) is 0 Å². The van der Waals surface area contributed by atoms with Crippen LogP contribution in [0.1, 0.15) is 12.5 Å². The Hall–Kier alpha value is -2.60. The maximum Gasteiger partial charge on any atom is 0.311 e. The van der Waals surface area contributed by atoms with Gasteiger partial charge >= 0.3 is 5.97 Å². The van der Waals surface area contributed by atoms with Crippen molar-refractivity contribution in [2.75, 3.05) is 12.4 Å². The van der Waals surface area contributed by atoms with E-state index >= 15 is 0 Å². The molecule has 1 atom stereocenters. The fourth-order valence-electron chi connectivity index (χ4n) is 2.08. The van der Waals surface area contributed by atoms with E-state index in [0.717, 1.165) is 0 Å². The number of anilines is 1. The first kappa shape index (κ1) is 18.7. The second kappa shape index (κ2) is 8.48. The van der Waals surface area contributed by atoms with Crippen LogP contribution in [0.15, 0.2) is 42.5 Å². The average Bonchev–Trinajstić information content (AvgIpc) is 2.57. The van der Waals surface area contributed by atoms with Crippen molar-refractivity contribution in [2.24, 2.45) is 0 Å². The van der Waals surface area contributed by atoms with Gasteiger partial charge in [-0.25, -0.2) is 4.39 Å². The summed E-state index contributed by atoms with van der Waals surface area (Å²) in [5, 5.41) is 2.96. The van der Waals surface area contributed by atoms with Crippen molar-refractivity contribution in [1.82, 2.24) is 0 Å². The quantitative estimate of drug-likeness (QED) is 0.794. The van der Waals surface area contributed by atoms with Gasteiger partial charge in [-0.05, 0) is 36.8 Å². The van der Waals surface area contributed by atoms with E-state index in [1.54, 1.807) is 30.3 Å². The highest BCUT2D eigenvalue weighted by Gasteiger charge is 2.19. The van der Waals surface area contributed by atoms with Crippen molar-refractivity contribution < 1.29 is 23.5 Å². The maximum absolute atomic E-state index is 13.6. The van der Waals surface area contributed by atoms with Gasteiger partial charge in [0.15, 0.2) is 17.7 Å². The number of esters is 1. The molecule has 0 fully saturated rings. The molecule has 0 saturated carbocycles. The number of rotatable bonds is 6. The zero-order chi connectivity index (χ0) is 18.4. The number of halogens is 2. The number of carbonyl (C=O) groups excluding carboxylic acids is 2. The normalized spacial score (nSPS) is 11.5. The summed E-state index contributed by atoms with van der Waals surface area (Å²) in [6, 6.07) is 10.9. The van der Waals surface area contributed by atoms with Crippen LogP contribution in [-0.2, 0) is 20.7 Å². The van der Waals surface area contributed by atoms with E-state index in [1.165, 1.54) is 26.2 Å². The summed E-state index contributed by atoms with van der Waals surface area (Å²) < 4.78 is 23.5. The molecule has 0 aliphatic heterocycles. The molecule has 5 nitrogen and oxygen atoms in total. The molecule has 2 rings (SSSR count). The molecule has 25 heavy (non-hydrogen) atoms. The topological polar surface area (TPSA) is 64.6 Å². The van der Waals surface area contributed by atoms with Gasteiger partial charge < -0.3 is 14.8 Å². The molecule has 1 amide bonds. The van der Waals surface area contributed by atoms with Crippen LogP contribution in [0.3, 0.4) is 0 Å². The molecule has 0 heterocycles. The molecule has 1 N–H and O–H groups in total. The molecular formula is C18H17ClFNO4. The zero-order valence-corrected chi connectivity index (χ0v) is 14.5. The molecule has 0 unspecified atom stereocenters. The van der Waals surface area contributed by atoms with Crippen LogP contribution in [0.4, 0.5) is 10.1 Å². The molecule has 0 aliphatic carbocycles. The summed E-state index contributed by atoms with van der Waals surface area (Å²) in [5.74, 6) is -1.64. The van der Waals surface area contributed by atoms with Gasteiger partial charge in [0.25, 0.3) is 5.91 Å². The Bertz CT molecular complexity index is 781. The fraction of sp³-hybridized carbons (Fsp3) is 0.222. The number of ether oxygens (including phenoxy) is 2. The molecule has 0 spiro atoms. The summed E-state index contributed by atoms with van der Waals surface area (Å²) in [6.45, 7) is 1.44. The first-order valence-corrected chi connectivity index (χ1v) is 7.85. The summed E-state index contributed by atoms with van der Waals surface area (Å²) in [6.07, 6.45) is -1.18. The highest BCUT2D eigenvalue weighted by molar-refractivity contribution is 6.33. The Labute approximate surface area is 149 Å². The number of amides is 1. The second-order valence-corrected chi connectivity index (χ2v) is 5.65. The SMILES string of the molecule is COc1ccc(CC(=O)O[C@@H](C)C(=O)Nc2ccccc2Cl)cc1F. The number of methoxy groups -OCH3 is 1. The lowest BCUT2D eigenvalue weighted by atomic mass is 10.1. The molecule has 0 saturated heterocycles. The first-order chi connectivity index (χ1) is 11.9. The molecule has 2 aromatic carbocycles. The molecule has 0 aromatic heterocycles. The Kier molecular flexibility index (Phi) is 6.36. The first-order valence-electron chi connectivity index (χ1n) is 7.48. The molecule has 0 aliphatic rings. The van der Waals surface area contributed by atoms with Crippen LogP contribution in [-0.4, -0.2) is 25.1 Å². The van der Waals surface area contributed by atoms with Crippen LogP contribution in [0.2, 0.25) is 5.02 Å². The summed E-state index contributed by atoms with van der Waals surface area (Å²) in [4.78, 5) is 24.0. The third-order valence-corrected chi connectivity index (χ3v) is 3.70. The number of benzene rings is 2. The Balaban J connectivity index is 1.92. The second-order valence-electron chi connectivity index (χ2n) is 5.25. The van der Waals surface area contributed by atoms with E-state index in [0.29, 0.717) is 16.3 Å². The molecule has 2 aromatic rings. The molecule has 132 valence electrons. The van der Waals surface area contributed by atoms with Gasteiger partial charge in [0.2, 0.25) is 0 Å². The molecule has 0 bridgehead atoms. The Morgan fingerprint density at radius 2 is 1.96 bits per heavy atom. The van der Waals surface area contributed by atoms with E-state index in [9.17, 15) is 14.0 Å². The van der Waals surface area contributed by atoms with Crippen molar-refractivity contribution in [1.29, 1.82) is 0 Å². The largest absolute Gasteiger partial charge is 0.494 e. The maximum atomic E-state index is 13.6. The Morgan fingerprint density at radius 3 is 2.60 bits per heavy atom. The number of hydrogen-bond donors (Lipinski definition) is 1. The van der Waals surface area contributed by atoms with Gasteiger partial charge in [-0.2, -0.15) is 0 Å². The molecule has 0 radical (unpaired) electrons. The predicted octanol–water partition coefficient (Wildman–Crippen LogP) is 3.60. The van der Waals surface area contributed by atoms with Crippen molar-refractivity contribution in [2.45, 2.75) is 19.4 Å². The zero-order valence-electron chi connectivity index (χ0n) is 13.7. The van der Waals surface area contributed by atoms with Crippen LogP contribution >= 0.6 is 11.6 Å². The predicted molar refractivity (Wildman–Crippen MR) is 92.3 cm³/mol. The minimum Gasteiger partial charge on any atom is -0.494 e. The molecular weight excluding hydrogens is 349 g/mol. The minimum absolute atomic E-state index is 0.0876. The van der Waals surface area contributed by atoms with Crippen molar-refractivity contribution in [3.05, 3.63) is 58.9 Å². The summed E-state index contributed by atoms with van der Waals surface area (Å²) >= 11 is 5.96. The fourth-order valence-corrected chi connectivity index (χ4v) is 2.26. The lowest BCUT2D eigenvalue weighted by Gasteiger charge is -2.14. The Morgan fingerprint density at radius 1 is 1.24 bits per heavy atom. The van der Waals surface area contributed by atoms with E-state index < -0.39 is 23.8 Å². The van der Waals surface area contributed by atoms with Crippen LogP contribution < -0.4 is 10.1 Å². The number of hydrogen-bond acceptors (Lipinski definition) is 4.